The molecule has 3 aromatic rings. The summed E-state index contributed by atoms with van der Waals surface area (Å²) in [6.45, 7) is 8.48. The van der Waals surface area contributed by atoms with Gasteiger partial charge in [-0.25, -0.2) is 4.98 Å². The van der Waals surface area contributed by atoms with E-state index >= 15 is 0 Å². The topological polar surface area (TPSA) is 73.0 Å². The Hall–Kier alpha value is -4.42. The van der Waals surface area contributed by atoms with Crippen molar-refractivity contribution in [2.45, 2.75) is 19.6 Å². The first kappa shape index (κ1) is 25.5. The van der Waals surface area contributed by atoms with Gasteiger partial charge in [-0.3, -0.25) is 25.7 Å². The van der Waals surface area contributed by atoms with Gasteiger partial charge in [-0.1, -0.05) is 49.8 Å². The lowest BCUT2D eigenvalue weighted by Crippen LogP contribution is -2.35. The van der Waals surface area contributed by atoms with Gasteiger partial charge in [0.05, 0.1) is 47.5 Å². The molecular formula is C32H34N6O2Si. The van der Waals surface area contributed by atoms with Crippen LogP contribution in [-0.4, -0.2) is 51.3 Å². The van der Waals surface area contributed by atoms with E-state index in [9.17, 15) is 4.79 Å². The van der Waals surface area contributed by atoms with Gasteiger partial charge in [0.1, 0.15) is 13.9 Å². The fraction of sp³-hybridized carbons (Fsp3) is 0.312. The number of ether oxygens (including phenoxy) is 1. The van der Waals surface area contributed by atoms with Crippen molar-refractivity contribution in [3.63, 3.8) is 0 Å². The smallest absolute Gasteiger partial charge is 0.309 e. The molecule has 0 amide bonds. The Kier molecular flexibility index (Phi) is 5.80. The molecule has 1 aliphatic carbocycles. The third-order valence-corrected chi connectivity index (χ3v) is 9.18. The summed E-state index contributed by atoms with van der Waals surface area (Å²) in [5.74, 6) is 5.18. The van der Waals surface area contributed by atoms with Gasteiger partial charge in [-0.2, -0.15) is 0 Å². The van der Waals surface area contributed by atoms with Crippen molar-refractivity contribution in [2.75, 3.05) is 42.6 Å². The maximum Gasteiger partial charge on any atom is 0.309 e. The van der Waals surface area contributed by atoms with E-state index in [2.05, 4.69) is 107 Å². The molecule has 2 unspecified atom stereocenters. The van der Waals surface area contributed by atoms with E-state index < -0.39 is 8.07 Å². The fourth-order valence-electron chi connectivity index (χ4n) is 6.30. The molecule has 2 N–H and O–H groups in total. The molecule has 1 saturated heterocycles. The third-order valence-electron chi connectivity index (χ3n) is 8.30. The summed E-state index contributed by atoms with van der Waals surface area (Å²) in [5.41, 5.74) is 16.9. The number of esters is 1. The van der Waals surface area contributed by atoms with Crippen molar-refractivity contribution in [1.82, 2.24) is 15.4 Å². The van der Waals surface area contributed by atoms with Crippen LogP contribution in [0.2, 0.25) is 19.6 Å². The summed E-state index contributed by atoms with van der Waals surface area (Å²) in [6.07, 6.45) is 4.05. The lowest BCUT2D eigenvalue weighted by molar-refractivity contribution is -0.142. The van der Waals surface area contributed by atoms with E-state index in [-0.39, 0.29) is 11.9 Å². The average Bonchev–Trinajstić information content (AvgIpc) is 3.30. The van der Waals surface area contributed by atoms with Crippen LogP contribution in [0.1, 0.15) is 11.1 Å². The average molecular weight is 563 g/mol. The molecule has 1 aromatic heterocycles. The number of nitrogens with zero attached hydrogens (tertiary/aromatic N) is 4. The minimum absolute atomic E-state index is 0.0529. The van der Waals surface area contributed by atoms with Crippen LogP contribution in [0.5, 0.6) is 0 Å². The van der Waals surface area contributed by atoms with Crippen LogP contribution in [-0.2, 0) is 9.53 Å². The molecule has 4 heterocycles. The van der Waals surface area contributed by atoms with Gasteiger partial charge >= 0.3 is 5.97 Å². The number of methoxy groups -OCH3 is 1. The van der Waals surface area contributed by atoms with Gasteiger partial charge in [0.15, 0.2) is 0 Å². The summed E-state index contributed by atoms with van der Waals surface area (Å²) in [7, 11) is 1.89. The highest BCUT2D eigenvalue weighted by Gasteiger charge is 2.60. The first-order chi connectivity index (χ1) is 19.7. The SMILES string of the molecule is COC(=O)C1C2CN(c3ccc(N4NC(=c5cccc6c5=CN(C)N6)c5cccc(C#C[Si](C)(C)C)c54)cn3)CC21. The van der Waals surface area contributed by atoms with E-state index in [1.165, 1.54) is 7.11 Å². The lowest BCUT2D eigenvalue weighted by atomic mass is 10.0. The number of para-hydroxylation sites is 1. The Morgan fingerprint density at radius 3 is 2.54 bits per heavy atom. The molecule has 8 nitrogen and oxygen atoms in total. The van der Waals surface area contributed by atoms with Gasteiger partial charge < -0.3 is 9.64 Å². The molecule has 7 rings (SSSR count). The van der Waals surface area contributed by atoms with Crippen LogP contribution in [0.4, 0.5) is 22.9 Å². The fourth-order valence-corrected chi connectivity index (χ4v) is 6.81. The molecule has 0 bridgehead atoms. The number of hydrazine groups is 2. The molecule has 9 heteroatoms. The molecule has 4 aliphatic rings. The van der Waals surface area contributed by atoms with E-state index in [4.69, 9.17) is 9.72 Å². The van der Waals surface area contributed by atoms with Crippen molar-refractivity contribution < 1.29 is 9.53 Å². The van der Waals surface area contributed by atoms with Gasteiger partial charge in [0.25, 0.3) is 0 Å². The quantitative estimate of drug-likeness (QED) is 0.287. The van der Waals surface area contributed by atoms with Crippen molar-refractivity contribution in [2.24, 2.45) is 17.8 Å². The number of carbonyl (C=O) groups is 1. The maximum atomic E-state index is 12.0. The predicted molar refractivity (Wildman–Crippen MR) is 165 cm³/mol. The third kappa shape index (κ3) is 4.39. The lowest BCUT2D eigenvalue weighted by Gasteiger charge is -2.23. The number of hydrogen-bond acceptors (Lipinski definition) is 8. The van der Waals surface area contributed by atoms with Crippen molar-refractivity contribution >= 4 is 48.8 Å². The molecule has 41 heavy (non-hydrogen) atoms. The summed E-state index contributed by atoms with van der Waals surface area (Å²) < 4.78 is 4.97. The number of aromatic nitrogens is 1. The van der Waals surface area contributed by atoms with Crippen molar-refractivity contribution in [3.05, 3.63) is 76.3 Å². The summed E-state index contributed by atoms with van der Waals surface area (Å²) >= 11 is 0. The Labute approximate surface area is 241 Å². The zero-order valence-electron chi connectivity index (χ0n) is 24.0. The van der Waals surface area contributed by atoms with Crippen molar-refractivity contribution in [3.8, 4) is 11.5 Å². The standard InChI is InChI=1S/C32H34N6O2Si/c1-36-17-24-22(9-7-11-27(24)34-36)30-23-10-6-8-20(14-15-41(3,4)5)31(23)38(35-30)21-12-13-28(33-16-21)37-18-25-26(19-37)29(25)32(39)40-2/h6-13,16-17,25-26,29,34-35H,18-19H2,1-5H3. The van der Waals surface area contributed by atoms with Crippen LogP contribution in [0.25, 0.3) is 11.9 Å². The highest BCUT2D eigenvalue weighted by Crippen LogP contribution is 2.53. The number of fused-ring (bicyclic) bond motifs is 3. The number of piperidine rings is 1. The highest BCUT2D eigenvalue weighted by molar-refractivity contribution is 6.83. The highest BCUT2D eigenvalue weighted by atomic mass is 28.3. The van der Waals surface area contributed by atoms with Crippen LogP contribution in [0, 0.1) is 29.2 Å². The Morgan fingerprint density at radius 2 is 1.83 bits per heavy atom. The molecule has 0 spiro atoms. The summed E-state index contributed by atoms with van der Waals surface area (Å²) in [5, 5.41) is 6.38. The molecule has 0 radical (unpaired) electrons. The van der Waals surface area contributed by atoms with Crippen molar-refractivity contribution in [1.29, 1.82) is 0 Å². The number of pyridine rings is 1. The number of hydrogen-bond donors (Lipinski definition) is 2. The summed E-state index contributed by atoms with van der Waals surface area (Å²) in [4.78, 5) is 19.1. The number of anilines is 4. The van der Waals surface area contributed by atoms with E-state index in [0.29, 0.717) is 11.8 Å². The molecule has 2 fully saturated rings. The van der Waals surface area contributed by atoms with Crippen LogP contribution in [0.15, 0.2) is 54.7 Å². The molecule has 208 valence electrons. The molecule has 3 aliphatic heterocycles. The predicted octanol–water partition coefficient (Wildman–Crippen LogP) is 2.99. The second-order valence-electron chi connectivity index (χ2n) is 12.3. The van der Waals surface area contributed by atoms with E-state index in [1.807, 2.05) is 18.3 Å². The number of benzene rings is 2. The van der Waals surface area contributed by atoms with Gasteiger partial charge in [-0.05, 0) is 36.1 Å². The monoisotopic (exact) mass is 562 g/mol. The van der Waals surface area contributed by atoms with E-state index in [0.717, 1.165) is 63.2 Å². The van der Waals surface area contributed by atoms with Gasteiger partial charge in [0, 0.05) is 42.3 Å². The molecule has 2 atom stereocenters. The van der Waals surface area contributed by atoms with Crippen LogP contribution < -0.4 is 31.2 Å². The first-order valence-corrected chi connectivity index (χ1v) is 17.6. The Morgan fingerprint density at radius 1 is 1.05 bits per heavy atom. The zero-order valence-corrected chi connectivity index (χ0v) is 25.0. The second kappa shape index (κ2) is 9.31. The van der Waals surface area contributed by atoms with Gasteiger partial charge in [0.2, 0.25) is 0 Å². The minimum Gasteiger partial charge on any atom is -0.469 e. The Balaban J connectivity index is 1.28. The minimum atomic E-state index is -1.59. The van der Waals surface area contributed by atoms with Crippen LogP contribution >= 0.6 is 0 Å². The maximum absolute atomic E-state index is 12.0. The Bertz CT molecular complexity index is 1740. The van der Waals surface area contributed by atoms with Crippen LogP contribution in [0.3, 0.4) is 0 Å². The van der Waals surface area contributed by atoms with Gasteiger partial charge in [-0.15, -0.1) is 5.54 Å². The largest absolute Gasteiger partial charge is 0.469 e. The molecular weight excluding hydrogens is 528 g/mol. The zero-order chi connectivity index (χ0) is 28.5. The number of nitrogens with one attached hydrogen (secondary N) is 2. The second-order valence-corrected chi connectivity index (χ2v) is 17.0. The number of rotatable bonds is 3. The number of carbonyl (C=O) groups excluding carboxylic acids is 1. The normalized spacial score (nSPS) is 23.0. The first-order valence-electron chi connectivity index (χ1n) is 14.1. The van der Waals surface area contributed by atoms with E-state index in [1.54, 1.807) is 0 Å². The summed E-state index contributed by atoms with van der Waals surface area (Å²) in [6, 6.07) is 16.9. The molecule has 2 aromatic carbocycles. The molecule has 1 saturated carbocycles.